The van der Waals surface area contributed by atoms with Gasteiger partial charge < -0.3 is 20.5 Å². The van der Waals surface area contributed by atoms with E-state index in [1.807, 2.05) is 19.1 Å². The van der Waals surface area contributed by atoms with E-state index >= 15 is 0 Å². The Balaban J connectivity index is 1.53. The highest BCUT2D eigenvalue weighted by Gasteiger charge is 2.49. The second-order valence-corrected chi connectivity index (χ2v) is 7.73. The SMILES string of the molecule is C[C@]1(NC(=O)c2cccc(-n3cnnc3)c2)CC2(CCNCC2)OC[C@@H]1O. The highest BCUT2D eigenvalue weighted by Crippen LogP contribution is 2.38. The quantitative estimate of drug-likeness (QED) is 0.733. The summed E-state index contributed by atoms with van der Waals surface area (Å²) in [5, 5.41) is 24.6. The standard InChI is InChI=1S/C19H25N5O3/c1-18(11-19(27-10-16(18)25)5-7-20-8-6-19)23-17(26)14-3-2-4-15(9-14)24-12-21-22-13-24/h2-4,9,12-13,16,20,25H,5-8,10-11H2,1H3,(H,23,26)/t16-,18-/m0/s1. The molecule has 1 aromatic carbocycles. The molecule has 2 saturated heterocycles. The molecule has 2 aliphatic rings. The van der Waals surface area contributed by atoms with E-state index in [4.69, 9.17) is 4.74 Å². The van der Waals surface area contributed by atoms with Gasteiger partial charge in [0, 0.05) is 17.7 Å². The lowest BCUT2D eigenvalue weighted by atomic mass is 9.75. The average molecular weight is 371 g/mol. The molecule has 0 unspecified atom stereocenters. The molecule has 4 rings (SSSR count). The molecule has 2 fully saturated rings. The van der Waals surface area contributed by atoms with Crippen molar-refractivity contribution in [1.29, 1.82) is 0 Å². The molecule has 0 aliphatic carbocycles. The first-order valence-corrected chi connectivity index (χ1v) is 9.30. The van der Waals surface area contributed by atoms with Crippen molar-refractivity contribution in [2.45, 2.75) is 43.4 Å². The van der Waals surface area contributed by atoms with E-state index in [1.54, 1.807) is 29.4 Å². The minimum absolute atomic E-state index is 0.211. The fourth-order valence-corrected chi connectivity index (χ4v) is 4.08. The number of piperidine rings is 1. The number of ether oxygens (including phenoxy) is 1. The van der Waals surface area contributed by atoms with Crippen LogP contribution in [0.25, 0.3) is 5.69 Å². The third kappa shape index (κ3) is 3.60. The number of amides is 1. The number of nitrogens with one attached hydrogen (secondary N) is 2. The van der Waals surface area contributed by atoms with Gasteiger partial charge in [-0.25, -0.2) is 0 Å². The topological polar surface area (TPSA) is 101 Å². The van der Waals surface area contributed by atoms with Crippen molar-refractivity contribution in [3.05, 3.63) is 42.5 Å². The third-order valence-corrected chi connectivity index (χ3v) is 5.71. The second kappa shape index (κ2) is 7.03. The van der Waals surface area contributed by atoms with E-state index in [9.17, 15) is 9.90 Å². The molecule has 2 aromatic rings. The Morgan fingerprint density at radius 1 is 1.33 bits per heavy atom. The lowest BCUT2D eigenvalue weighted by Crippen LogP contribution is -2.65. The van der Waals surface area contributed by atoms with Crippen LogP contribution in [0, 0.1) is 0 Å². The zero-order valence-electron chi connectivity index (χ0n) is 15.4. The van der Waals surface area contributed by atoms with Crippen LogP contribution >= 0.6 is 0 Å². The number of rotatable bonds is 3. The van der Waals surface area contributed by atoms with Crippen LogP contribution in [0.4, 0.5) is 0 Å². The first-order chi connectivity index (χ1) is 13.0. The molecule has 1 spiro atoms. The molecular formula is C19H25N5O3. The summed E-state index contributed by atoms with van der Waals surface area (Å²) in [6.45, 7) is 3.92. The van der Waals surface area contributed by atoms with Crippen LogP contribution in [0.2, 0.25) is 0 Å². The molecule has 8 heteroatoms. The summed E-state index contributed by atoms with van der Waals surface area (Å²) >= 11 is 0. The average Bonchev–Trinajstić information content (AvgIpc) is 3.21. The molecule has 3 heterocycles. The number of aromatic nitrogens is 3. The minimum atomic E-state index is -0.747. The van der Waals surface area contributed by atoms with Gasteiger partial charge in [-0.05, 0) is 51.1 Å². The monoisotopic (exact) mass is 371 g/mol. The molecule has 0 radical (unpaired) electrons. The predicted octanol–water partition coefficient (Wildman–Crippen LogP) is 0.659. The van der Waals surface area contributed by atoms with Gasteiger partial charge in [0.05, 0.1) is 17.7 Å². The van der Waals surface area contributed by atoms with Crippen LogP contribution in [0.3, 0.4) is 0 Å². The largest absolute Gasteiger partial charge is 0.388 e. The summed E-state index contributed by atoms with van der Waals surface area (Å²) in [6.07, 6.45) is 4.79. The maximum absolute atomic E-state index is 12.9. The number of nitrogens with zero attached hydrogens (tertiary/aromatic N) is 3. The second-order valence-electron chi connectivity index (χ2n) is 7.73. The normalized spacial score (nSPS) is 27.4. The van der Waals surface area contributed by atoms with Crippen molar-refractivity contribution in [2.75, 3.05) is 19.7 Å². The number of carbonyl (C=O) groups is 1. The van der Waals surface area contributed by atoms with Crippen LogP contribution in [0.1, 0.15) is 36.5 Å². The zero-order valence-corrected chi connectivity index (χ0v) is 15.4. The molecule has 27 heavy (non-hydrogen) atoms. The molecule has 144 valence electrons. The van der Waals surface area contributed by atoms with Crippen LogP contribution in [0.15, 0.2) is 36.9 Å². The van der Waals surface area contributed by atoms with Crippen molar-refractivity contribution < 1.29 is 14.6 Å². The first kappa shape index (κ1) is 18.1. The van der Waals surface area contributed by atoms with Gasteiger partial charge in [-0.1, -0.05) is 6.07 Å². The minimum Gasteiger partial charge on any atom is -0.388 e. The van der Waals surface area contributed by atoms with E-state index in [2.05, 4.69) is 20.8 Å². The van der Waals surface area contributed by atoms with E-state index in [0.717, 1.165) is 31.6 Å². The number of benzene rings is 1. The Hall–Kier alpha value is -2.29. The smallest absolute Gasteiger partial charge is 0.251 e. The lowest BCUT2D eigenvalue weighted by molar-refractivity contribution is -0.169. The van der Waals surface area contributed by atoms with Crippen molar-refractivity contribution in [3.63, 3.8) is 0 Å². The first-order valence-electron chi connectivity index (χ1n) is 9.30. The van der Waals surface area contributed by atoms with Gasteiger partial charge in [-0.15, -0.1) is 10.2 Å². The van der Waals surface area contributed by atoms with E-state index in [-0.39, 0.29) is 18.1 Å². The molecule has 0 bridgehead atoms. The third-order valence-electron chi connectivity index (χ3n) is 5.71. The van der Waals surface area contributed by atoms with Gasteiger partial charge in [0.15, 0.2) is 0 Å². The number of hydrogen-bond acceptors (Lipinski definition) is 6. The fraction of sp³-hybridized carbons (Fsp3) is 0.526. The summed E-state index contributed by atoms with van der Waals surface area (Å²) in [7, 11) is 0. The summed E-state index contributed by atoms with van der Waals surface area (Å²) in [4.78, 5) is 12.9. The molecule has 3 N–H and O–H groups in total. The van der Waals surface area contributed by atoms with Gasteiger partial charge in [0.2, 0.25) is 0 Å². The molecule has 2 aliphatic heterocycles. The van der Waals surface area contributed by atoms with E-state index < -0.39 is 11.6 Å². The fourth-order valence-electron chi connectivity index (χ4n) is 4.08. The summed E-state index contributed by atoms with van der Waals surface area (Å²) in [5.41, 5.74) is 0.316. The molecule has 1 amide bonds. The molecule has 2 atom stereocenters. The maximum atomic E-state index is 12.9. The molecular weight excluding hydrogens is 346 g/mol. The maximum Gasteiger partial charge on any atom is 0.251 e. The van der Waals surface area contributed by atoms with Crippen molar-refractivity contribution in [3.8, 4) is 5.69 Å². The van der Waals surface area contributed by atoms with Crippen LogP contribution in [0.5, 0.6) is 0 Å². The zero-order chi connectivity index (χ0) is 18.9. The predicted molar refractivity (Wildman–Crippen MR) is 98.6 cm³/mol. The van der Waals surface area contributed by atoms with Crippen molar-refractivity contribution in [2.24, 2.45) is 0 Å². The Morgan fingerprint density at radius 3 is 2.81 bits per heavy atom. The van der Waals surface area contributed by atoms with Gasteiger partial charge in [0.25, 0.3) is 5.91 Å². The number of aliphatic hydroxyl groups is 1. The van der Waals surface area contributed by atoms with Gasteiger partial charge in [0.1, 0.15) is 18.8 Å². The number of carbonyl (C=O) groups excluding carboxylic acids is 1. The Morgan fingerprint density at radius 2 is 2.07 bits per heavy atom. The highest BCUT2D eigenvalue weighted by molar-refractivity contribution is 5.95. The van der Waals surface area contributed by atoms with E-state index in [0.29, 0.717) is 12.0 Å². The van der Waals surface area contributed by atoms with Crippen LogP contribution < -0.4 is 10.6 Å². The Bertz CT molecular complexity index is 803. The lowest BCUT2D eigenvalue weighted by Gasteiger charge is -2.50. The van der Waals surface area contributed by atoms with Crippen molar-refractivity contribution >= 4 is 5.91 Å². The Kier molecular flexibility index (Phi) is 4.71. The van der Waals surface area contributed by atoms with Crippen LogP contribution in [-0.2, 0) is 4.74 Å². The molecule has 8 nitrogen and oxygen atoms in total. The number of aliphatic hydroxyl groups excluding tert-OH is 1. The summed E-state index contributed by atoms with van der Waals surface area (Å²) in [5.74, 6) is -0.211. The highest BCUT2D eigenvalue weighted by atomic mass is 16.5. The molecule has 1 aromatic heterocycles. The van der Waals surface area contributed by atoms with Crippen LogP contribution in [-0.4, -0.2) is 62.7 Å². The molecule has 0 saturated carbocycles. The van der Waals surface area contributed by atoms with Gasteiger partial charge >= 0.3 is 0 Å². The summed E-state index contributed by atoms with van der Waals surface area (Å²) in [6, 6.07) is 7.25. The summed E-state index contributed by atoms with van der Waals surface area (Å²) < 4.78 is 7.75. The van der Waals surface area contributed by atoms with E-state index in [1.165, 1.54) is 0 Å². The van der Waals surface area contributed by atoms with Gasteiger partial charge in [-0.3, -0.25) is 9.36 Å². The Labute approximate surface area is 157 Å². The van der Waals surface area contributed by atoms with Crippen molar-refractivity contribution in [1.82, 2.24) is 25.4 Å². The van der Waals surface area contributed by atoms with Gasteiger partial charge in [-0.2, -0.15) is 0 Å². The number of hydrogen-bond donors (Lipinski definition) is 3.